The lowest BCUT2D eigenvalue weighted by Gasteiger charge is -2.23. The first-order valence-corrected chi connectivity index (χ1v) is 8.59. The largest absolute Gasteiger partial charge is 0.378 e. The number of nitrogens with zero attached hydrogens (tertiary/aromatic N) is 3. The van der Waals surface area contributed by atoms with Crippen molar-refractivity contribution in [2.75, 3.05) is 25.1 Å². The molecule has 0 bridgehead atoms. The summed E-state index contributed by atoms with van der Waals surface area (Å²) in [7, 11) is 1.73. The van der Waals surface area contributed by atoms with Crippen molar-refractivity contribution in [1.29, 1.82) is 0 Å². The second-order valence-electron chi connectivity index (χ2n) is 7.93. The van der Waals surface area contributed by atoms with Gasteiger partial charge in [-0.1, -0.05) is 33.6 Å². The number of anilines is 1. The van der Waals surface area contributed by atoms with E-state index < -0.39 is 0 Å². The van der Waals surface area contributed by atoms with Crippen LogP contribution in [0.2, 0.25) is 0 Å². The second kappa shape index (κ2) is 6.15. The zero-order valence-corrected chi connectivity index (χ0v) is 14.4. The fourth-order valence-corrected chi connectivity index (χ4v) is 3.80. The van der Waals surface area contributed by atoms with Gasteiger partial charge in [0.05, 0.1) is 12.3 Å². The first-order chi connectivity index (χ1) is 10.5. The lowest BCUT2D eigenvalue weighted by molar-refractivity contribution is 0.181. The maximum Gasteiger partial charge on any atom is 0.136 e. The van der Waals surface area contributed by atoms with Gasteiger partial charge in [0.1, 0.15) is 11.6 Å². The highest BCUT2D eigenvalue weighted by atomic mass is 16.5. The SMILES string of the molecule is COCc1cc(N2CC3CCCCC3C2)nc(C(C)(C)C)n1. The highest BCUT2D eigenvalue weighted by Crippen LogP contribution is 2.38. The van der Waals surface area contributed by atoms with Crippen molar-refractivity contribution >= 4 is 5.82 Å². The van der Waals surface area contributed by atoms with Gasteiger partial charge in [-0.2, -0.15) is 0 Å². The third-order valence-electron chi connectivity index (χ3n) is 5.03. The normalized spacial score (nSPS) is 25.4. The summed E-state index contributed by atoms with van der Waals surface area (Å²) in [4.78, 5) is 12.1. The molecule has 2 heterocycles. The van der Waals surface area contributed by atoms with E-state index in [0.29, 0.717) is 6.61 Å². The fraction of sp³-hybridized carbons (Fsp3) is 0.778. The minimum Gasteiger partial charge on any atom is -0.378 e. The maximum atomic E-state index is 5.30. The molecule has 1 aliphatic heterocycles. The van der Waals surface area contributed by atoms with Gasteiger partial charge in [0.15, 0.2) is 0 Å². The number of rotatable bonds is 3. The van der Waals surface area contributed by atoms with Crippen LogP contribution in [0.3, 0.4) is 0 Å². The monoisotopic (exact) mass is 303 g/mol. The molecule has 0 spiro atoms. The van der Waals surface area contributed by atoms with Crippen LogP contribution in [0.25, 0.3) is 0 Å². The Morgan fingerprint density at radius 3 is 2.32 bits per heavy atom. The summed E-state index contributed by atoms with van der Waals surface area (Å²) in [5.41, 5.74) is 0.956. The molecule has 1 aromatic heterocycles. The van der Waals surface area contributed by atoms with Crippen molar-refractivity contribution in [1.82, 2.24) is 9.97 Å². The highest BCUT2D eigenvalue weighted by Gasteiger charge is 2.35. The van der Waals surface area contributed by atoms with Gasteiger partial charge in [-0.25, -0.2) is 9.97 Å². The second-order valence-corrected chi connectivity index (χ2v) is 7.93. The number of fused-ring (bicyclic) bond motifs is 1. The fourth-order valence-electron chi connectivity index (χ4n) is 3.80. The molecule has 122 valence electrons. The molecule has 2 unspecified atom stereocenters. The summed E-state index contributed by atoms with van der Waals surface area (Å²) in [5.74, 6) is 3.76. The van der Waals surface area contributed by atoms with Crippen molar-refractivity contribution in [3.8, 4) is 0 Å². The average Bonchev–Trinajstić information content (AvgIpc) is 2.90. The van der Waals surface area contributed by atoms with Crippen LogP contribution in [0.1, 0.15) is 58.0 Å². The van der Waals surface area contributed by atoms with E-state index in [1.807, 2.05) is 0 Å². The third-order valence-corrected chi connectivity index (χ3v) is 5.03. The van der Waals surface area contributed by atoms with Gasteiger partial charge < -0.3 is 9.64 Å². The molecule has 4 nitrogen and oxygen atoms in total. The zero-order chi connectivity index (χ0) is 15.7. The van der Waals surface area contributed by atoms with E-state index in [-0.39, 0.29) is 5.41 Å². The van der Waals surface area contributed by atoms with Crippen molar-refractivity contribution in [3.05, 3.63) is 17.6 Å². The van der Waals surface area contributed by atoms with Crippen molar-refractivity contribution in [2.24, 2.45) is 11.8 Å². The minimum atomic E-state index is -0.0367. The van der Waals surface area contributed by atoms with E-state index in [2.05, 4.69) is 31.7 Å². The Morgan fingerprint density at radius 1 is 1.14 bits per heavy atom. The molecule has 2 fully saturated rings. The van der Waals surface area contributed by atoms with Crippen LogP contribution < -0.4 is 4.90 Å². The number of aromatic nitrogens is 2. The Morgan fingerprint density at radius 2 is 1.77 bits per heavy atom. The van der Waals surface area contributed by atoms with Crippen molar-refractivity contribution in [2.45, 2.75) is 58.5 Å². The van der Waals surface area contributed by atoms with E-state index in [0.717, 1.165) is 42.3 Å². The molecule has 22 heavy (non-hydrogen) atoms. The lowest BCUT2D eigenvalue weighted by Crippen LogP contribution is -2.25. The zero-order valence-electron chi connectivity index (χ0n) is 14.4. The summed E-state index contributed by atoms with van der Waals surface area (Å²) in [6, 6.07) is 2.12. The van der Waals surface area contributed by atoms with Crippen LogP contribution in [0.5, 0.6) is 0 Å². The van der Waals surface area contributed by atoms with Gasteiger partial charge in [-0.3, -0.25) is 0 Å². The van der Waals surface area contributed by atoms with Crippen LogP contribution in [0, 0.1) is 11.8 Å². The molecule has 2 atom stereocenters. The van der Waals surface area contributed by atoms with Gasteiger partial charge in [0.25, 0.3) is 0 Å². The summed E-state index contributed by atoms with van der Waals surface area (Å²) in [5, 5.41) is 0. The molecule has 1 aromatic rings. The summed E-state index contributed by atoms with van der Waals surface area (Å²) >= 11 is 0. The number of methoxy groups -OCH3 is 1. The molecule has 4 heteroatoms. The van der Waals surface area contributed by atoms with Crippen LogP contribution >= 0.6 is 0 Å². The molecule has 2 aliphatic rings. The first-order valence-electron chi connectivity index (χ1n) is 8.59. The minimum absolute atomic E-state index is 0.0367. The molecular weight excluding hydrogens is 274 g/mol. The maximum absolute atomic E-state index is 5.30. The Balaban J connectivity index is 1.87. The molecule has 1 saturated heterocycles. The van der Waals surface area contributed by atoms with E-state index in [1.165, 1.54) is 25.7 Å². The summed E-state index contributed by atoms with van der Waals surface area (Å²) in [6.45, 7) is 9.40. The summed E-state index contributed by atoms with van der Waals surface area (Å²) < 4.78 is 5.30. The molecule has 1 saturated carbocycles. The predicted octanol–water partition coefficient (Wildman–Crippen LogP) is 3.55. The first kappa shape index (κ1) is 15.7. The van der Waals surface area contributed by atoms with Crippen molar-refractivity contribution < 1.29 is 4.74 Å². The summed E-state index contributed by atoms with van der Waals surface area (Å²) in [6.07, 6.45) is 5.59. The topological polar surface area (TPSA) is 38.2 Å². The smallest absolute Gasteiger partial charge is 0.136 e. The van der Waals surface area contributed by atoms with Gasteiger partial charge in [0, 0.05) is 31.7 Å². The van der Waals surface area contributed by atoms with Crippen LogP contribution in [0.15, 0.2) is 6.07 Å². The number of hydrogen-bond acceptors (Lipinski definition) is 4. The van der Waals surface area contributed by atoms with E-state index in [1.54, 1.807) is 7.11 Å². The molecule has 0 aromatic carbocycles. The Bertz CT molecular complexity index is 510. The predicted molar refractivity (Wildman–Crippen MR) is 89.1 cm³/mol. The Kier molecular flexibility index (Phi) is 4.40. The molecule has 0 N–H and O–H groups in total. The lowest BCUT2D eigenvalue weighted by atomic mass is 9.82. The van der Waals surface area contributed by atoms with Gasteiger partial charge in [-0.05, 0) is 24.7 Å². The van der Waals surface area contributed by atoms with Gasteiger partial charge in [0.2, 0.25) is 0 Å². The van der Waals surface area contributed by atoms with E-state index in [9.17, 15) is 0 Å². The number of hydrogen-bond donors (Lipinski definition) is 0. The Labute approximate surface area is 134 Å². The van der Waals surface area contributed by atoms with Crippen LogP contribution in [-0.4, -0.2) is 30.2 Å². The molecular formula is C18H29N3O. The Hall–Kier alpha value is -1.16. The third kappa shape index (κ3) is 3.27. The number of ether oxygens (including phenoxy) is 1. The standard InChI is InChI=1S/C18H29N3O/c1-18(2,3)17-19-15(12-22-4)9-16(20-17)21-10-13-7-5-6-8-14(13)11-21/h9,13-14H,5-8,10-12H2,1-4H3. The average molecular weight is 303 g/mol. The highest BCUT2D eigenvalue weighted by molar-refractivity contribution is 5.42. The molecule has 0 radical (unpaired) electrons. The van der Waals surface area contributed by atoms with Crippen molar-refractivity contribution in [3.63, 3.8) is 0 Å². The quantitative estimate of drug-likeness (QED) is 0.856. The van der Waals surface area contributed by atoms with E-state index in [4.69, 9.17) is 14.7 Å². The molecule has 1 aliphatic carbocycles. The molecule has 0 amide bonds. The van der Waals surface area contributed by atoms with Crippen LogP contribution in [-0.2, 0) is 16.8 Å². The van der Waals surface area contributed by atoms with Gasteiger partial charge >= 0.3 is 0 Å². The van der Waals surface area contributed by atoms with E-state index >= 15 is 0 Å². The van der Waals surface area contributed by atoms with Gasteiger partial charge in [-0.15, -0.1) is 0 Å². The van der Waals surface area contributed by atoms with Crippen LogP contribution in [0.4, 0.5) is 5.82 Å². The molecule has 3 rings (SSSR count).